The summed E-state index contributed by atoms with van der Waals surface area (Å²) in [5.41, 5.74) is 3.57. The first-order valence-corrected chi connectivity index (χ1v) is 7.49. The lowest BCUT2D eigenvalue weighted by Gasteiger charge is -2.13. The minimum absolute atomic E-state index is 0.237. The molecule has 0 spiro atoms. The van der Waals surface area contributed by atoms with Gasteiger partial charge in [-0.25, -0.2) is 15.8 Å². The molecule has 6 heteroatoms. The van der Waals surface area contributed by atoms with E-state index in [4.69, 9.17) is 17.4 Å². The molecule has 0 amide bonds. The first-order valence-electron chi connectivity index (χ1n) is 6.30. The molecule has 106 valence electrons. The molecule has 0 aliphatic carbocycles. The molecule has 2 aromatic rings. The fourth-order valence-corrected chi connectivity index (χ4v) is 2.85. The number of hydrogen-bond donors (Lipinski definition) is 2. The third-order valence-corrected chi connectivity index (χ3v) is 4.10. The molecule has 0 atom stereocenters. The van der Waals surface area contributed by atoms with Gasteiger partial charge < -0.3 is 5.43 Å². The number of hydrogen-bond acceptors (Lipinski definition) is 5. The zero-order chi connectivity index (χ0) is 14.7. The highest BCUT2D eigenvalue weighted by Crippen LogP contribution is 2.33. The molecule has 3 N–H and O–H groups in total. The molecule has 0 fully saturated rings. The Hall–Kier alpha value is -1.30. The predicted molar refractivity (Wildman–Crippen MR) is 84.2 cm³/mol. The zero-order valence-electron chi connectivity index (χ0n) is 11.6. The van der Waals surface area contributed by atoms with E-state index in [0.717, 1.165) is 21.3 Å². The topological polar surface area (TPSA) is 63.8 Å². The number of nitrogens with two attached hydrogens (primary N) is 1. The van der Waals surface area contributed by atoms with Gasteiger partial charge in [-0.2, -0.15) is 0 Å². The Kier molecular flexibility index (Phi) is 4.86. The minimum atomic E-state index is 0.237. The van der Waals surface area contributed by atoms with Gasteiger partial charge in [-0.1, -0.05) is 43.3 Å². The van der Waals surface area contributed by atoms with Crippen molar-refractivity contribution in [2.75, 3.05) is 5.43 Å². The molecule has 0 aliphatic heterocycles. The van der Waals surface area contributed by atoms with Crippen LogP contribution in [0.1, 0.15) is 31.2 Å². The molecule has 0 unspecified atom stereocenters. The molecule has 20 heavy (non-hydrogen) atoms. The van der Waals surface area contributed by atoms with E-state index in [2.05, 4.69) is 29.2 Å². The molecule has 0 radical (unpaired) electrons. The summed E-state index contributed by atoms with van der Waals surface area (Å²) in [5, 5.41) is 1.60. The molecule has 0 bridgehead atoms. The maximum Gasteiger partial charge on any atom is 0.147 e. The van der Waals surface area contributed by atoms with E-state index in [1.807, 2.05) is 31.2 Å². The van der Waals surface area contributed by atoms with E-state index in [1.54, 1.807) is 11.8 Å². The third kappa shape index (κ3) is 3.42. The first-order chi connectivity index (χ1) is 9.51. The highest BCUT2D eigenvalue weighted by Gasteiger charge is 2.13. The van der Waals surface area contributed by atoms with Crippen LogP contribution in [-0.4, -0.2) is 9.97 Å². The third-order valence-electron chi connectivity index (χ3n) is 2.78. The van der Waals surface area contributed by atoms with Crippen LogP contribution in [0.4, 0.5) is 5.82 Å². The van der Waals surface area contributed by atoms with Crippen molar-refractivity contribution in [1.29, 1.82) is 0 Å². The number of nitrogens with one attached hydrogen (secondary N) is 1. The summed E-state index contributed by atoms with van der Waals surface area (Å²) in [4.78, 5) is 10.1. The smallest absolute Gasteiger partial charge is 0.147 e. The standard InChI is InChI=1S/C14H17ClN4S/c1-8(2)12-17-13(19-16)9(3)14(18-12)20-11-6-4-5-10(15)7-11/h4-8H,16H2,1-3H3,(H,17,18,19). The van der Waals surface area contributed by atoms with E-state index >= 15 is 0 Å². The maximum absolute atomic E-state index is 6.01. The Balaban J connectivity index is 2.42. The average molecular weight is 309 g/mol. The molecule has 4 nitrogen and oxygen atoms in total. The fraction of sp³-hybridized carbons (Fsp3) is 0.286. The molecule has 0 saturated heterocycles. The van der Waals surface area contributed by atoms with Crippen LogP contribution < -0.4 is 11.3 Å². The van der Waals surface area contributed by atoms with E-state index in [0.29, 0.717) is 10.8 Å². The van der Waals surface area contributed by atoms with Crippen molar-refractivity contribution in [2.24, 2.45) is 5.84 Å². The van der Waals surface area contributed by atoms with Crippen LogP contribution in [0.15, 0.2) is 34.2 Å². The molecule has 1 heterocycles. The quantitative estimate of drug-likeness (QED) is 0.508. The monoisotopic (exact) mass is 308 g/mol. The van der Waals surface area contributed by atoms with Crippen molar-refractivity contribution in [1.82, 2.24) is 9.97 Å². The Labute approximate surface area is 128 Å². The van der Waals surface area contributed by atoms with Gasteiger partial charge in [0, 0.05) is 21.4 Å². The van der Waals surface area contributed by atoms with Crippen molar-refractivity contribution >= 4 is 29.2 Å². The van der Waals surface area contributed by atoms with Crippen LogP contribution in [0.2, 0.25) is 5.02 Å². The summed E-state index contributed by atoms with van der Waals surface area (Å²) in [7, 11) is 0. The summed E-state index contributed by atoms with van der Waals surface area (Å²) in [5.74, 6) is 7.20. The summed E-state index contributed by atoms with van der Waals surface area (Å²) in [6.45, 7) is 6.06. The van der Waals surface area contributed by atoms with Crippen LogP contribution in [0.3, 0.4) is 0 Å². The van der Waals surface area contributed by atoms with Gasteiger partial charge >= 0.3 is 0 Å². The maximum atomic E-state index is 6.01. The second kappa shape index (κ2) is 6.43. The molecule has 2 rings (SSSR count). The van der Waals surface area contributed by atoms with Gasteiger partial charge in [0.15, 0.2) is 0 Å². The highest BCUT2D eigenvalue weighted by molar-refractivity contribution is 7.99. The lowest BCUT2D eigenvalue weighted by molar-refractivity contribution is 0.749. The van der Waals surface area contributed by atoms with Gasteiger partial charge in [-0.05, 0) is 25.1 Å². The van der Waals surface area contributed by atoms with Gasteiger partial charge in [-0.15, -0.1) is 0 Å². The number of hydrazine groups is 1. The number of anilines is 1. The fourth-order valence-electron chi connectivity index (χ4n) is 1.65. The Morgan fingerprint density at radius 2 is 2.05 bits per heavy atom. The van der Waals surface area contributed by atoms with E-state index in [9.17, 15) is 0 Å². The van der Waals surface area contributed by atoms with Crippen LogP contribution in [0.25, 0.3) is 0 Å². The van der Waals surface area contributed by atoms with Crippen molar-refractivity contribution < 1.29 is 0 Å². The Morgan fingerprint density at radius 1 is 1.30 bits per heavy atom. The van der Waals surface area contributed by atoms with Gasteiger partial charge in [0.05, 0.1) is 0 Å². The van der Waals surface area contributed by atoms with Crippen LogP contribution >= 0.6 is 23.4 Å². The number of halogens is 1. The summed E-state index contributed by atoms with van der Waals surface area (Å²) in [6.07, 6.45) is 0. The molecule has 0 saturated carbocycles. The lowest BCUT2D eigenvalue weighted by Crippen LogP contribution is -2.13. The van der Waals surface area contributed by atoms with Crippen molar-refractivity contribution in [2.45, 2.75) is 36.6 Å². The molecular weight excluding hydrogens is 292 g/mol. The van der Waals surface area contributed by atoms with Crippen LogP contribution in [0, 0.1) is 6.92 Å². The van der Waals surface area contributed by atoms with Crippen molar-refractivity contribution in [3.63, 3.8) is 0 Å². The molecule has 1 aromatic carbocycles. The number of aromatic nitrogens is 2. The summed E-state index contributed by atoms with van der Waals surface area (Å²) in [6, 6.07) is 7.69. The van der Waals surface area contributed by atoms with Gasteiger partial charge in [0.25, 0.3) is 0 Å². The number of benzene rings is 1. The number of nitrogens with zero attached hydrogens (tertiary/aromatic N) is 2. The zero-order valence-corrected chi connectivity index (χ0v) is 13.2. The van der Waals surface area contributed by atoms with E-state index in [1.165, 1.54) is 0 Å². The predicted octanol–water partition coefficient (Wildman–Crippen LogP) is 4.00. The van der Waals surface area contributed by atoms with Crippen LogP contribution in [-0.2, 0) is 0 Å². The number of rotatable bonds is 4. The Morgan fingerprint density at radius 3 is 2.65 bits per heavy atom. The van der Waals surface area contributed by atoms with E-state index < -0.39 is 0 Å². The summed E-state index contributed by atoms with van der Waals surface area (Å²) >= 11 is 7.57. The normalized spacial score (nSPS) is 10.9. The lowest BCUT2D eigenvalue weighted by atomic mass is 10.2. The van der Waals surface area contributed by atoms with Gasteiger partial charge in [0.1, 0.15) is 16.7 Å². The molecule has 0 aliphatic rings. The van der Waals surface area contributed by atoms with Gasteiger partial charge in [-0.3, -0.25) is 0 Å². The second-order valence-corrected chi connectivity index (χ2v) is 6.22. The first kappa shape index (κ1) is 15.1. The summed E-state index contributed by atoms with van der Waals surface area (Å²) < 4.78 is 0. The van der Waals surface area contributed by atoms with Crippen molar-refractivity contribution in [3.05, 3.63) is 40.7 Å². The SMILES string of the molecule is Cc1c(NN)nc(C(C)C)nc1Sc1cccc(Cl)c1. The minimum Gasteiger partial charge on any atom is -0.308 e. The van der Waals surface area contributed by atoms with Crippen LogP contribution in [0.5, 0.6) is 0 Å². The highest BCUT2D eigenvalue weighted by atomic mass is 35.5. The average Bonchev–Trinajstić information content (AvgIpc) is 2.41. The van der Waals surface area contributed by atoms with Crippen molar-refractivity contribution in [3.8, 4) is 0 Å². The second-order valence-electron chi connectivity index (χ2n) is 4.72. The number of nitrogen functional groups attached to an aromatic ring is 1. The molecular formula is C14H17ClN4S. The van der Waals surface area contributed by atoms with Gasteiger partial charge in [0.2, 0.25) is 0 Å². The Bertz CT molecular complexity index is 616. The van der Waals surface area contributed by atoms with E-state index in [-0.39, 0.29) is 5.92 Å². The molecule has 1 aromatic heterocycles. The largest absolute Gasteiger partial charge is 0.308 e.